The van der Waals surface area contributed by atoms with Crippen molar-refractivity contribution in [2.75, 3.05) is 26.2 Å². The monoisotopic (exact) mass is 494 g/mol. The number of fused-ring (bicyclic) bond motifs is 2. The van der Waals surface area contributed by atoms with Crippen LogP contribution in [0.25, 0.3) is 11.0 Å². The number of H-pyrrole nitrogens is 1. The van der Waals surface area contributed by atoms with E-state index >= 15 is 0 Å². The molecular formula is C27H31ClN4O3. The highest BCUT2D eigenvalue weighted by atomic mass is 35.5. The molecule has 1 saturated heterocycles. The molecular weight excluding hydrogens is 464 g/mol. The third kappa shape index (κ3) is 5.15. The van der Waals surface area contributed by atoms with Gasteiger partial charge in [-0.15, -0.1) is 0 Å². The lowest BCUT2D eigenvalue weighted by Crippen LogP contribution is -2.48. The number of aromatic nitrogens is 2. The van der Waals surface area contributed by atoms with Gasteiger partial charge in [-0.2, -0.15) is 0 Å². The molecule has 2 aliphatic rings. The quantitative estimate of drug-likeness (QED) is 0.491. The number of aryl methyl sites for hydroxylation is 1. The molecule has 3 heterocycles. The lowest BCUT2D eigenvalue weighted by molar-refractivity contribution is 0.0533. The molecule has 0 saturated carbocycles. The summed E-state index contributed by atoms with van der Waals surface area (Å²) < 4.78 is 5.86. The first-order chi connectivity index (χ1) is 16.9. The number of piperidine rings is 1. The molecule has 2 aromatic carbocycles. The molecule has 0 radical (unpaired) electrons. The molecule has 2 amide bonds. The standard InChI is InChI=1S/C27H31ClN4O3/c1-18-30-22-7-5-19(15-23(22)31-18)26(34)32-12-10-27(11-13-32)9-3-2-4-14-35-24-8-6-20(28)16-21(24)25(33)29-17-27/h5-8,15-16H,2-4,9-14,17H2,1H3,(H,29,33)(H,30,31). The molecule has 0 atom stereocenters. The number of imidazole rings is 1. The van der Waals surface area contributed by atoms with Gasteiger partial charge in [0.25, 0.3) is 11.8 Å². The third-order valence-electron chi connectivity index (χ3n) is 7.38. The van der Waals surface area contributed by atoms with E-state index in [4.69, 9.17) is 16.3 Å². The van der Waals surface area contributed by atoms with E-state index in [9.17, 15) is 9.59 Å². The van der Waals surface area contributed by atoms with Crippen LogP contribution >= 0.6 is 11.6 Å². The lowest BCUT2D eigenvalue weighted by atomic mass is 9.74. The van der Waals surface area contributed by atoms with Crippen molar-refractivity contribution in [3.63, 3.8) is 0 Å². The van der Waals surface area contributed by atoms with Gasteiger partial charge in [-0.25, -0.2) is 4.98 Å². The molecule has 0 aliphatic carbocycles. The highest BCUT2D eigenvalue weighted by Gasteiger charge is 2.36. The number of carbonyl (C=O) groups is 2. The topological polar surface area (TPSA) is 87.3 Å². The number of aromatic amines is 1. The van der Waals surface area contributed by atoms with Crippen LogP contribution in [-0.2, 0) is 0 Å². The second kappa shape index (κ2) is 9.90. The first kappa shape index (κ1) is 23.7. The van der Waals surface area contributed by atoms with E-state index in [0.717, 1.165) is 55.4 Å². The van der Waals surface area contributed by atoms with Crippen molar-refractivity contribution in [1.29, 1.82) is 0 Å². The van der Waals surface area contributed by atoms with Gasteiger partial charge in [-0.3, -0.25) is 9.59 Å². The van der Waals surface area contributed by atoms with Gasteiger partial charge < -0.3 is 19.9 Å². The van der Waals surface area contributed by atoms with Crippen LogP contribution in [0.2, 0.25) is 5.02 Å². The number of carbonyl (C=O) groups excluding carboxylic acids is 2. The Kier molecular flexibility index (Phi) is 6.69. The average Bonchev–Trinajstić information content (AvgIpc) is 3.24. The van der Waals surface area contributed by atoms with E-state index in [1.54, 1.807) is 18.2 Å². The van der Waals surface area contributed by atoms with Crippen LogP contribution in [0.3, 0.4) is 0 Å². The molecule has 1 fully saturated rings. The predicted octanol–water partition coefficient (Wildman–Crippen LogP) is 5.13. The summed E-state index contributed by atoms with van der Waals surface area (Å²) in [5, 5.41) is 3.66. The molecule has 2 N–H and O–H groups in total. The van der Waals surface area contributed by atoms with Crippen molar-refractivity contribution < 1.29 is 14.3 Å². The number of benzene rings is 2. The number of amides is 2. The first-order valence-corrected chi connectivity index (χ1v) is 12.8. The average molecular weight is 495 g/mol. The zero-order valence-electron chi connectivity index (χ0n) is 20.0. The fourth-order valence-electron chi connectivity index (χ4n) is 5.28. The van der Waals surface area contributed by atoms with Gasteiger partial charge in [0.05, 0.1) is 23.2 Å². The number of hydrogen-bond donors (Lipinski definition) is 2. The van der Waals surface area contributed by atoms with Crippen molar-refractivity contribution in [1.82, 2.24) is 20.2 Å². The Labute approximate surface area is 210 Å². The van der Waals surface area contributed by atoms with Gasteiger partial charge in [0.1, 0.15) is 11.6 Å². The summed E-state index contributed by atoms with van der Waals surface area (Å²) in [5.74, 6) is 1.30. The Balaban J connectivity index is 1.28. The maximum atomic E-state index is 13.2. The van der Waals surface area contributed by atoms with E-state index in [0.29, 0.717) is 48.1 Å². The number of likely N-dealkylation sites (tertiary alicyclic amines) is 1. The Hall–Kier alpha value is -3.06. The summed E-state index contributed by atoms with van der Waals surface area (Å²) in [6.07, 6.45) is 5.85. The van der Waals surface area contributed by atoms with E-state index in [1.165, 1.54) is 0 Å². The number of halogens is 1. The zero-order chi connectivity index (χ0) is 24.4. The molecule has 184 valence electrons. The number of ether oxygens (including phenoxy) is 1. The molecule has 8 heteroatoms. The van der Waals surface area contributed by atoms with Crippen LogP contribution in [0.1, 0.15) is 65.1 Å². The minimum absolute atomic E-state index is 0.0182. The fraction of sp³-hybridized carbons (Fsp3) is 0.444. The molecule has 7 nitrogen and oxygen atoms in total. The second-order valence-corrected chi connectivity index (χ2v) is 10.3. The molecule has 0 unspecified atom stereocenters. The smallest absolute Gasteiger partial charge is 0.255 e. The predicted molar refractivity (Wildman–Crippen MR) is 136 cm³/mol. The van der Waals surface area contributed by atoms with Gasteiger partial charge in [0, 0.05) is 30.2 Å². The maximum Gasteiger partial charge on any atom is 0.255 e. The van der Waals surface area contributed by atoms with Crippen LogP contribution in [0.4, 0.5) is 0 Å². The molecule has 2 aliphatic heterocycles. The largest absolute Gasteiger partial charge is 0.493 e. The van der Waals surface area contributed by atoms with Crippen molar-refractivity contribution in [2.24, 2.45) is 5.41 Å². The van der Waals surface area contributed by atoms with Gasteiger partial charge in [-0.1, -0.05) is 24.4 Å². The second-order valence-electron chi connectivity index (χ2n) is 9.83. The Morgan fingerprint density at radius 3 is 2.74 bits per heavy atom. The molecule has 1 aromatic heterocycles. The summed E-state index contributed by atoms with van der Waals surface area (Å²) in [5.41, 5.74) is 2.89. The van der Waals surface area contributed by atoms with Crippen molar-refractivity contribution in [3.05, 3.63) is 58.4 Å². The number of nitrogens with one attached hydrogen (secondary N) is 2. The molecule has 0 bridgehead atoms. The maximum absolute atomic E-state index is 13.2. The first-order valence-electron chi connectivity index (χ1n) is 12.4. The van der Waals surface area contributed by atoms with Crippen molar-refractivity contribution >= 4 is 34.4 Å². The summed E-state index contributed by atoms with van der Waals surface area (Å²) in [4.78, 5) is 35.9. The van der Waals surface area contributed by atoms with Crippen molar-refractivity contribution in [3.8, 4) is 5.75 Å². The highest BCUT2D eigenvalue weighted by Crippen LogP contribution is 2.37. The fourth-order valence-corrected chi connectivity index (χ4v) is 5.45. The summed E-state index contributed by atoms with van der Waals surface area (Å²) in [6.45, 7) is 4.44. The van der Waals surface area contributed by atoms with E-state index in [2.05, 4.69) is 15.3 Å². The van der Waals surface area contributed by atoms with Crippen molar-refractivity contribution in [2.45, 2.75) is 45.4 Å². The lowest BCUT2D eigenvalue weighted by Gasteiger charge is -2.42. The molecule has 1 spiro atoms. The van der Waals surface area contributed by atoms with E-state index in [-0.39, 0.29) is 17.2 Å². The van der Waals surface area contributed by atoms with Crippen LogP contribution < -0.4 is 10.1 Å². The van der Waals surface area contributed by atoms with Crippen LogP contribution in [0, 0.1) is 12.3 Å². The van der Waals surface area contributed by atoms with Crippen LogP contribution in [0.5, 0.6) is 5.75 Å². The minimum Gasteiger partial charge on any atom is -0.493 e. The van der Waals surface area contributed by atoms with Gasteiger partial charge in [0.15, 0.2) is 0 Å². The summed E-state index contributed by atoms with van der Waals surface area (Å²) in [6, 6.07) is 10.8. The van der Waals surface area contributed by atoms with Crippen LogP contribution in [0.15, 0.2) is 36.4 Å². The number of nitrogens with zero attached hydrogens (tertiary/aromatic N) is 2. The van der Waals surface area contributed by atoms with Gasteiger partial charge in [0.2, 0.25) is 0 Å². The molecule has 35 heavy (non-hydrogen) atoms. The van der Waals surface area contributed by atoms with Gasteiger partial charge >= 0.3 is 0 Å². The number of rotatable bonds is 1. The highest BCUT2D eigenvalue weighted by molar-refractivity contribution is 6.31. The van der Waals surface area contributed by atoms with E-state index in [1.807, 2.05) is 30.0 Å². The minimum atomic E-state index is -0.163. The van der Waals surface area contributed by atoms with Gasteiger partial charge in [-0.05, 0) is 74.4 Å². The Bertz CT molecular complexity index is 1250. The van der Waals surface area contributed by atoms with E-state index < -0.39 is 0 Å². The summed E-state index contributed by atoms with van der Waals surface area (Å²) >= 11 is 6.16. The third-order valence-corrected chi connectivity index (χ3v) is 7.61. The molecule has 5 rings (SSSR count). The Morgan fingerprint density at radius 2 is 1.91 bits per heavy atom. The summed E-state index contributed by atoms with van der Waals surface area (Å²) in [7, 11) is 0. The Morgan fingerprint density at radius 1 is 1.09 bits per heavy atom. The van der Waals surface area contributed by atoms with Crippen LogP contribution in [-0.4, -0.2) is 52.9 Å². The number of hydrogen-bond acceptors (Lipinski definition) is 4. The molecule has 3 aromatic rings. The SMILES string of the molecule is Cc1nc2ccc(C(=O)N3CCC4(CCCCCOc5ccc(Cl)cc5C(=O)NC4)CC3)cc2[nH]1. The normalized spacial score (nSPS) is 18.8. The zero-order valence-corrected chi connectivity index (χ0v) is 20.8.